The van der Waals surface area contributed by atoms with Crippen molar-refractivity contribution in [2.75, 3.05) is 20.8 Å². The van der Waals surface area contributed by atoms with Crippen LogP contribution < -0.4 is 26.6 Å². The van der Waals surface area contributed by atoms with Crippen molar-refractivity contribution < 1.29 is 80.3 Å². The Kier molecular flexibility index (Phi) is 23.3. The average Bonchev–Trinajstić information content (AvgIpc) is 3.44. The number of methoxy groups -OCH3 is 1. The third-order valence-corrected chi connectivity index (χ3v) is 15.4. The van der Waals surface area contributed by atoms with Crippen LogP contribution in [0.25, 0.3) is 0 Å². The van der Waals surface area contributed by atoms with Crippen molar-refractivity contribution in [3.63, 3.8) is 0 Å². The lowest BCUT2D eigenvalue weighted by molar-refractivity contribution is -0.168. The summed E-state index contributed by atoms with van der Waals surface area (Å²) in [6.45, 7) is 7.19. The first-order valence-corrected chi connectivity index (χ1v) is 28.0. The second kappa shape index (κ2) is 29.1. The fourth-order valence-electron chi connectivity index (χ4n) is 9.75. The second-order valence-electron chi connectivity index (χ2n) is 20.6. The lowest BCUT2D eigenvalue weighted by atomic mass is 9.88. The summed E-state index contributed by atoms with van der Waals surface area (Å²) in [4.78, 5) is 120. The number of esters is 1. The molecule has 3 aliphatic rings. The minimum Gasteiger partial charge on any atom is -0.508 e. The van der Waals surface area contributed by atoms with Crippen molar-refractivity contribution in [2.24, 2.45) is 17.8 Å². The van der Waals surface area contributed by atoms with E-state index in [0.717, 1.165) is 12.0 Å². The number of hydrogen-bond donors (Lipinski definition) is 9. The zero-order chi connectivity index (χ0) is 58.3. The first-order valence-electron chi connectivity index (χ1n) is 26.7. The number of aryl methyl sites for hydroxylation is 1. The molecule has 0 spiro atoms. The van der Waals surface area contributed by atoms with Crippen LogP contribution in [-0.2, 0) is 75.3 Å². The predicted molar refractivity (Wildman–Crippen MR) is 284 cm³/mol. The predicted octanol–water partition coefficient (Wildman–Crippen LogP) is 0.717. The Bertz CT molecular complexity index is 2590. The van der Waals surface area contributed by atoms with Crippen molar-refractivity contribution in [2.45, 2.75) is 166 Å². The number of aromatic hydroxyl groups is 1. The summed E-state index contributed by atoms with van der Waals surface area (Å²) in [5.74, 6) is -9.19. The summed E-state index contributed by atoms with van der Waals surface area (Å²) < 4.78 is 47.5. The van der Waals surface area contributed by atoms with E-state index < -0.39 is 149 Å². The van der Waals surface area contributed by atoms with Crippen LogP contribution in [0.5, 0.6) is 5.75 Å². The van der Waals surface area contributed by atoms with Crippen LogP contribution in [0.15, 0.2) is 66.7 Å². The number of phenolic OH excluding ortho intramolecular Hbond substituents is 1. The molecule has 7 amide bonds. The van der Waals surface area contributed by atoms with E-state index in [9.17, 15) is 57.1 Å². The summed E-state index contributed by atoms with van der Waals surface area (Å²) >= 11 is 0. The molecule has 25 heteroatoms. The fourth-order valence-corrected chi connectivity index (χ4v) is 10.0. The van der Waals surface area contributed by atoms with E-state index in [1.807, 2.05) is 0 Å². The van der Waals surface area contributed by atoms with Crippen molar-refractivity contribution >= 4 is 57.7 Å². The van der Waals surface area contributed by atoms with Gasteiger partial charge in [-0.05, 0) is 92.9 Å². The summed E-state index contributed by atoms with van der Waals surface area (Å²) in [5.41, 5.74) is 1.21. The molecule has 2 aliphatic heterocycles. The van der Waals surface area contributed by atoms with Crippen LogP contribution in [0.1, 0.15) is 97.1 Å². The lowest BCUT2D eigenvalue weighted by Crippen LogP contribution is -2.66. The maximum absolute atomic E-state index is 15.0. The number of benzene rings is 2. The van der Waals surface area contributed by atoms with E-state index in [0.29, 0.717) is 36.8 Å². The molecule has 2 fully saturated rings. The number of nitrogens with one attached hydrogen (secondary N) is 5. The number of carbonyl (C=O) groups is 8. The number of piperidine rings is 1. The number of carbonyl (C=O) groups excluding carboxylic acids is 8. The third-order valence-electron chi connectivity index (χ3n) is 15.0. The molecule has 2 aromatic rings. The van der Waals surface area contributed by atoms with Gasteiger partial charge in [-0.3, -0.25) is 38.1 Å². The molecule has 9 N–H and O–H groups in total. The molecule has 1 aliphatic carbocycles. The molecule has 2 bridgehead atoms. The first kappa shape index (κ1) is 63.3. The number of amides is 7. The standard InChI is InChI=1S/C54H77N7O17S/c1-8-30(3)44-54(72)78-32(5)45(59-47(65)38(24-19-33-15-20-36(62)21-16-33)55-50(68)42(76-7)29-77-79(73,74)75)51(69)57-40(27-35-17-22-37(63)23-18-35)48(66)56-39-25-26-43(64)61(52(39)70)46(31(4)9-2)53(71)60(6)41(49(67)58-44)28-34-13-11-10-12-14-34/h10-17,20-22,30-32,35,37-46,62-64H,8-9,18-19,23-29H2,1-7H3,(H,55,68)(H,56,66)(H,57,69)(H,58,67)(H,59,65)(H,73,74,75)/t30-,31-,32+,35?,37-,38-,39?,40-,41-,42+,43+,44-,45-,46?/m0/s1. The molecule has 0 saturated carbocycles. The van der Waals surface area contributed by atoms with Crippen molar-refractivity contribution in [1.82, 2.24) is 36.4 Å². The molecule has 14 atom stereocenters. The number of allylic oxidation sites excluding steroid dienone is 1. The molecular weight excluding hydrogens is 1050 g/mol. The van der Waals surface area contributed by atoms with Crippen molar-refractivity contribution in [1.29, 1.82) is 0 Å². The van der Waals surface area contributed by atoms with Crippen LogP contribution in [-0.4, -0.2) is 173 Å². The number of phenols is 1. The SMILES string of the molecule is CC[C@H](C)C1C(=O)N(C)[C@@H](Cc2ccccc2)C(=O)N[C@@H]([C@@H](C)CC)C(=O)O[C@H](C)[C@H](NC(=O)[C@H](CCc2ccc(O)cc2)NC(=O)[C@@H](COS(=O)(=O)O)OC)C(=O)N[C@@H](CC2C=C[C@H](O)CC2)C(=O)NC2CC[C@@H](O)N1C2=O. The third kappa shape index (κ3) is 17.7. The first-order chi connectivity index (χ1) is 37.3. The number of nitrogens with zero attached hydrogens (tertiary/aromatic N) is 2. The van der Waals surface area contributed by atoms with Crippen LogP contribution in [0.2, 0.25) is 0 Å². The van der Waals surface area contributed by atoms with E-state index in [-0.39, 0.29) is 44.3 Å². The van der Waals surface area contributed by atoms with Gasteiger partial charge in [-0.15, -0.1) is 0 Å². The molecule has 436 valence electrons. The van der Waals surface area contributed by atoms with E-state index in [2.05, 4.69) is 30.8 Å². The summed E-state index contributed by atoms with van der Waals surface area (Å²) in [6.07, 6.45) is -1.56. The molecule has 0 radical (unpaired) electrons. The average molecular weight is 1130 g/mol. The molecule has 0 aromatic heterocycles. The molecule has 79 heavy (non-hydrogen) atoms. The highest BCUT2D eigenvalue weighted by molar-refractivity contribution is 7.80. The van der Waals surface area contributed by atoms with Gasteiger partial charge in [0.15, 0.2) is 6.10 Å². The summed E-state index contributed by atoms with van der Waals surface area (Å²) in [6, 6.07) is 4.22. The van der Waals surface area contributed by atoms with Crippen LogP contribution >= 0.6 is 0 Å². The molecular formula is C54H77N7O17S. The van der Waals surface area contributed by atoms with Gasteiger partial charge in [0.05, 0.1) is 6.10 Å². The molecule has 24 nitrogen and oxygen atoms in total. The van der Waals surface area contributed by atoms with Gasteiger partial charge in [0.25, 0.3) is 5.91 Å². The fraction of sp³-hybridized carbons (Fsp3) is 0.593. The highest BCUT2D eigenvalue weighted by Crippen LogP contribution is 2.29. The highest BCUT2D eigenvalue weighted by atomic mass is 32.3. The van der Waals surface area contributed by atoms with E-state index in [4.69, 9.17) is 9.47 Å². The topological polar surface area (TPSA) is 346 Å². The van der Waals surface area contributed by atoms with Gasteiger partial charge < -0.3 is 61.2 Å². The Morgan fingerprint density at radius 3 is 2.10 bits per heavy atom. The number of rotatable bonds is 19. The molecule has 2 saturated heterocycles. The zero-order valence-electron chi connectivity index (χ0n) is 45.6. The quantitative estimate of drug-likeness (QED) is 0.0532. The maximum Gasteiger partial charge on any atom is 0.397 e. The number of hydrogen-bond acceptors (Lipinski definition) is 16. The summed E-state index contributed by atoms with van der Waals surface area (Å²) in [7, 11) is -2.62. The number of likely N-dealkylation sites (N-methyl/N-ethyl adjacent to an activating group) is 1. The maximum atomic E-state index is 15.0. The smallest absolute Gasteiger partial charge is 0.397 e. The van der Waals surface area contributed by atoms with Gasteiger partial charge in [0.1, 0.15) is 67.0 Å². The number of ether oxygens (including phenoxy) is 2. The Morgan fingerprint density at radius 2 is 1.49 bits per heavy atom. The van der Waals surface area contributed by atoms with E-state index in [1.165, 1.54) is 31.0 Å². The van der Waals surface area contributed by atoms with Gasteiger partial charge in [-0.2, -0.15) is 8.42 Å². The Balaban J connectivity index is 1.63. The minimum absolute atomic E-state index is 0.0554. The molecule has 5 rings (SSSR count). The lowest BCUT2D eigenvalue weighted by Gasteiger charge is -2.44. The van der Waals surface area contributed by atoms with Crippen molar-refractivity contribution in [3.8, 4) is 5.75 Å². The highest BCUT2D eigenvalue weighted by Gasteiger charge is 2.47. The van der Waals surface area contributed by atoms with E-state index >= 15 is 9.59 Å². The molecule has 2 aromatic carbocycles. The van der Waals surface area contributed by atoms with Gasteiger partial charge in [0, 0.05) is 20.6 Å². The number of aliphatic hydroxyl groups is 2. The second-order valence-corrected chi connectivity index (χ2v) is 21.7. The van der Waals surface area contributed by atoms with Crippen LogP contribution in [0.3, 0.4) is 0 Å². The largest absolute Gasteiger partial charge is 0.508 e. The van der Waals surface area contributed by atoms with E-state index in [1.54, 1.807) is 82.3 Å². The Labute approximate surface area is 460 Å². The van der Waals surface area contributed by atoms with Gasteiger partial charge in [-0.1, -0.05) is 95.2 Å². The normalized spacial score (nSPS) is 27.4. The number of cyclic esters (lactones) is 1. The van der Waals surface area contributed by atoms with Crippen molar-refractivity contribution in [3.05, 3.63) is 77.9 Å². The van der Waals surface area contributed by atoms with Crippen LogP contribution in [0, 0.1) is 17.8 Å². The van der Waals surface area contributed by atoms with Gasteiger partial charge in [-0.25, -0.2) is 8.98 Å². The minimum atomic E-state index is -5.05. The Hall–Kier alpha value is -6.51. The molecule has 3 unspecified atom stereocenters. The number of aliphatic hydroxyl groups excluding tert-OH is 2. The Morgan fingerprint density at radius 1 is 0.823 bits per heavy atom. The van der Waals surface area contributed by atoms with Crippen LogP contribution in [0.4, 0.5) is 0 Å². The number of fused-ring (bicyclic) bond motifs is 2. The monoisotopic (exact) mass is 1130 g/mol. The molecule has 2 heterocycles. The van der Waals surface area contributed by atoms with Gasteiger partial charge >= 0.3 is 16.4 Å². The van der Waals surface area contributed by atoms with Gasteiger partial charge in [0.2, 0.25) is 35.4 Å². The zero-order valence-corrected chi connectivity index (χ0v) is 46.4. The summed E-state index contributed by atoms with van der Waals surface area (Å²) in [5, 5.41) is 45.0.